The van der Waals surface area contributed by atoms with Crippen molar-refractivity contribution in [2.75, 3.05) is 32.4 Å². The van der Waals surface area contributed by atoms with Gasteiger partial charge in [0, 0.05) is 31.1 Å². The van der Waals surface area contributed by atoms with Crippen molar-refractivity contribution in [3.63, 3.8) is 0 Å². The molecule has 0 atom stereocenters. The Morgan fingerprint density at radius 3 is 2.77 bits per heavy atom. The van der Waals surface area contributed by atoms with Gasteiger partial charge < -0.3 is 11.1 Å². The molecule has 1 aromatic heterocycles. The highest BCUT2D eigenvalue weighted by atomic mass is 127. The minimum Gasteiger partial charge on any atom is -0.370 e. The van der Waals surface area contributed by atoms with E-state index in [4.69, 9.17) is 5.73 Å². The van der Waals surface area contributed by atoms with Crippen LogP contribution < -0.4 is 11.1 Å². The van der Waals surface area contributed by atoms with Crippen LogP contribution in [0.15, 0.2) is 22.5 Å². The van der Waals surface area contributed by atoms with Gasteiger partial charge in [-0.25, -0.2) is 12.7 Å². The molecular formula is C13H25IN4O2S2. The fourth-order valence-corrected chi connectivity index (χ4v) is 3.47. The summed E-state index contributed by atoms with van der Waals surface area (Å²) in [6.45, 7) is 4.05. The molecule has 0 aliphatic carbocycles. The number of nitrogens with one attached hydrogen (secondary N) is 1. The average Bonchev–Trinajstić information content (AvgIpc) is 2.90. The van der Waals surface area contributed by atoms with E-state index < -0.39 is 10.0 Å². The Hall–Kier alpha value is -0.390. The van der Waals surface area contributed by atoms with Gasteiger partial charge in [0.2, 0.25) is 10.0 Å². The summed E-state index contributed by atoms with van der Waals surface area (Å²) in [7, 11) is -3.12. The summed E-state index contributed by atoms with van der Waals surface area (Å²) in [6, 6.07) is 4.11. The maximum absolute atomic E-state index is 11.4. The molecule has 0 amide bonds. The van der Waals surface area contributed by atoms with E-state index in [9.17, 15) is 8.42 Å². The first-order chi connectivity index (χ1) is 9.93. The second kappa shape index (κ2) is 11.2. The summed E-state index contributed by atoms with van der Waals surface area (Å²) >= 11 is 1.72. The molecule has 0 saturated heterocycles. The largest absolute Gasteiger partial charge is 0.370 e. The maximum Gasteiger partial charge on any atom is 0.211 e. The van der Waals surface area contributed by atoms with Crippen molar-refractivity contribution in [3.8, 4) is 0 Å². The number of rotatable bonds is 9. The van der Waals surface area contributed by atoms with E-state index >= 15 is 0 Å². The molecule has 0 saturated carbocycles. The van der Waals surface area contributed by atoms with Gasteiger partial charge in [-0.2, -0.15) is 0 Å². The van der Waals surface area contributed by atoms with E-state index in [1.54, 1.807) is 11.3 Å². The third-order valence-corrected chi connectivity index (χ3v) is 5.24. The van der Waals surface area contributed by atoms with Crippen molar-refractivity contribution < 1.29 is 8.42 Å². The van der Waals surface area contributed by atoms with Crippen molar-refractivity contribution in [1.29, 1.82) is 0 Å². The van der Waals surface area contributed by atoms with Crippen molar-refractivity contribution in [1.82, 2.24) is 9.62 Å². The number of nitrogens with two attached hydrogens (primary N) is 1. The van der Waals surface area contributed by atoms with Crippen LogP contribution in [-0.2, 0) is 16.4 Å². The normalized spacial score (nSPS) is 12.2. The molecule has 0 radical (unpaired) electrons. The molecule has 128 valence electrons. The predicted molar refractivity (Wildman–Crippen MR) is 105 cm³/mol. The highest BCUT2D eigenvalue weighted by molar-refractivity contribution is 14.0. The average molecular weight is 460 g/mol. The number of thiophene rings is 1. The number of nitrogens with zero attached hydrogens (tertiary/aromatic N) is 2. The highest BCUT2D eigenvalue weighted by Gasteiger charge is 2.12. The third-order valence-electron chi connectivity index (χ3n) is 2.93. The lowest BCUT2D eigenvalue weighted by atomic mass is 10.3. The maximum atomic E-state index is 11.4. The summed E-state index contributed by atoms with van der Waals surface area (Å²) in [6.07, 6.45) is 2.81. The molecule has 9 heteroatoms. The molecule has 0 aliphatic heterocycles. The van der Waals surface area contributed by atoms with Crippen LogP contribution in [0, 0.1) is 0 Å². The molecule has 0 fully saturated rings. The molecule has 1 heterocycles. The first kappa shape index (κ1) is 21.6. The number of aliphatic imine (C=N–C) groups is 1. The minimum atomic E-state index is -3.12. The Morgan fingerprint density at radius 2 is 2.23 bits per heavy atom. The second-order valence-electron chi connectivity index (χ2n) is 4.63. The Kier molecular flexibility index (Phi) is 11.0. The van der Waals surface area contributed by atoms with Gasteiger partial charge in [0.25, 0.3) is 0 Å². The van der Waals surface area contributed by atoms with E-state index in [1.165, 1.54) is 15.4 Å². The van der Waals surface area contributed by atoms with Crippen molar-refractivity contribution >= 4 is 51.3 Å². The summed E-state index contributed by atoms with van der Waals surface area (Å²) in [5.41, 5.74) is 5.76. The Labute approximate surface area is 154 Å². The number of hydrogen-bond donors (Lipinski definition) is 2. The molecule has 1 rings (SSSR count). The molecule has 0 bridgehead atoms. The van der Waals surface area contributed by atoms with Gasteiger partial charge in [-0.1, -0.05) is 13.0 Å². The molecule has 22 heavy (non-hydrogen) atoms. The van der Waals surface area contributed by atoms with E-state index in [0.717, 1.165) is 13.0 Å². The number of guanidine groups is 1. The zero-order valence-corrected chi connectivity index (χ0v) is 17.0. The van der Waals surface area contributed by atoms with E-state index in [0.29, 0.717) is 32.0 Å². The number of sulfonamides is 1. The van der Waals surface area contributed by atoms with E-state index in [2.05, 4.69) is 16.4 Å². The predicted octanol–water partition coefficient (Wildman–Crippen LogP) is 1.48. The van der Waals surface area contributed by atoms with Gasteiger partial charge in [-0.3, -0.25) is 4.99 Å². The lowest BCUT2D eigenvalue weighted by Crippen LogP contribution is -2.34. The SMILES string of the molecule is CCN(CCCN=C(N)NCCc1cccs1)S(C)(=O)=O.I. The summed E-state index contributed by atoms with van der Waals surface area (Å²) in [4.78, 5) is 5.50. The summed E-state index contributed by atoms with van der Waals surface area (Å²) in [5.74, 6) is 0.411. The molecular weight excluding hydrogens is 435 g/mol. The molecule has 6 nitrogen and oxygen atoms in total. The summed E-state index contributed by atoms with van der Waals surface area (Å²) < 4.78 is 24.2. The highest BCUT2D eigenvalue weighted by Crippen LogP contribution is 2.07. The minimum absolute atomic E-state index is 0. The molecule has 1 aromatic rings. The Bertz CT molecular complexity index is 532. The lowest BCUT2D eigenvalue weighted by Gasteiger charge is -2.16. The van der Waals surface area contributed by atoms with Gasteiger partial charge in [0.15, 0.2) is 5.96 Å². The van der Waals surface area contributed by atoms with Crippen molar-refractivity contribution in [3.05, 3.63) is 22.4 Å². The number of halogens is 1. The first-order valence-corrected chi connectivity index (χ1v) is 9.67. The van der Waals surface area contributed by atoms with Crippen LogP contribution in [0.2, 0.25) is 0 Å². The lowest BCUT2D eigenvalue weighted by molar-refractivity contribution is 0.427. The monoisotopic (exact) mass is 460 g/mol. The van der Waals surface area contributed by atoms with E-state index in [-0.39, 0.29) is 24.0 Å². The molecule has 0 unspecified atom stereocenters. The van der Waals surface area contributed by atoms with Crippen LogP contribution >= 0.6 is 35.3 Å². The Morgan fingerprint density at radius 1 is 1.50 bits per heavy atom. The second-order valence-corrected chi connectivity index (χ2v) is 7.65. The molecule has 0 aromatic carbocycles. The topological polar surface area (TPSA) is 87.8 Å². The van der Waals surface area contributed by atoms with Crippen LogP contribution in [0.5, 0.6) is 0 Å². The fourth-order valence-electron chi connectivity index (χ4n) is 1.83. The van der Waals surface area contributed by atoms with Crippen LogP contribution in [0.3, 0.4) is 0 Å². The fraction of sp³-hybridized carbons (Fsp3) is 0.615. The van der Waals surface area contributed by atoms with Crippen LogP contribution in [0.4, 0.5) is 0 Å². The van der Waals surface area contributed by atoms with Gasteiger partial charge in [-0.15, -0.1) is 35.3 Å². The third kappa shape index (κ3) is 8.91. The summed E-state index contributed by atoms with van der Waals surface area (Å²) in [5, 5.41) is 5.11. The Balaban J connectivity index is 0.00000441. The van der Waals surface area contributed by atoms with Gasteiger partial charge in [-0.05, 0) is 24.3 Å². The zero-order valence-electron chi connectivity index (χ0n) is 13.0. The van der Waals surface area contributed by atoms with Crippen LogP contribution in [0.1, 0.15) is 18.2 Å². The van der Waals surface area contributed by atoms with Gasteiger partial charge in [0.1, 0.15) is 0 Å². The van der Waals surface area contributed by atoms with Crippen LogP contribution in [-0.4, -0.2) is 51.1 Å². The molecule has 0 aliphatic rings. The molecule has 3 N–H and O–H groups in total. The van der Waals surface area contributed by atoms with E-state index in [1.807, 2.05) is 18.4 Å². The quantitative estimate of drug-likeness (QED) is 0.253. The smallest absolute Gasteiger partial charge is 0.211 e. The van der Waals surface area contributed by atoms with Crippen molar-refractivity contribution in [2.45, 2.75) is 19.8 Å². The molecule has 0 spiro atoms. The van der Waals surface area contributed by atoms with Crippen LogP contribution in [0.25, 0.3) is 0 Å². The zero-order chi connectivity index (χ0) is 15.7. The first-order valence-electron chi connectivity index (χ1n) is 6.94. The standard InChI is InChI=1S/C13H24N4O2S2.HI/c1-3-17(21(2,18)19)10-5-8-15-13(14)16-9-7-12-6-4-11-20-12;/h4,6,11H,3,5,7-10H2,1-2H3,(H3,14,15,16);1H. The van der Waals surface area contributed by atoms with Gasteiger partial charge in [0.05, 0.1) is 6.26 Å². The van der Waals surface area contributed by atoms with Crippen molar-refractivity contribution in [2.24, 2.45) is 10.7 Å². The van der Waals surface area contributed by atoms with Gasteiger partial charge >= 0.3 is 0 Å². The number of hydrogen-bond acceptors (Lipinski definition) is 4.